The zero-order valence-corrected chi connectivity index (χ0v) is 26.9. The first-order valence-corrected chi connectivity index (χ1v) is 15.8. The minimum Gasteiger partial charge on any atom is -0.461 e. The van der Waals surface area contributed by atoms with E-state index in [2.05, 4.69) is 11.7 Å². The van der Waals surface area contributed by atoms with E-state index in [9.17, 15) is 24.3 Å². The number of aliphatic hydroxyl groups excluding tert-OH is 1. The van der Waals surface area contributed by atoms with E-state index >= 15 is 0 Å². The molecule has 1 aromatic carbocycles. The third kappa shape index (κ3) is 9.49. The predicted octanol–water partition coefficient (Wildman–Crippen LogP) is 6.21. The highest BCUT2D eigenvalue weighted by Gasteiger charge is 2.46. The summed E-state index contributed by atoms with van der Waals surface area (Å²) in [6, 6.07) is 5.14. The second kappa shape index (κ2) is 16.9. The summed E-state index contributed by atoms with van der Waals surface area (Å²) in [5, 5.41) is 15.5. The van der Waals surface area contributed by atoms with E-state index in [4.69, 9.17) is 37.5 Å². The summed E-state index contributed by atoms with van der Waals surface area (Å²) in [5.74, 6) is -2.75. The van der Waals surface area contributed by atoms with Gasteiger partial charge in [-0.05, 0) is 55.4 Å². The van der Waals surface area contributed by atoms with Crippen molar-refractivity contribution in [3.05, 3.63) is 58.1 Å². The van der Waals surface area contributed by atoms with Gasteiger partial charge in [0.15, 0.2) is 5.78 Å². The third-order valence-electron chi connectivity index (χ3n) is 8.32. The molecule has 3 rings (SSSR count). The number of carbonyl (C=O) groups is 4. The predicted molar refractivity (Wildman–Crippen MR) is 167 cm³/mol. The lowest BCUT2D eigenvalue weighted by Gasteiger charge is -2.43. The minimum absolute atomic E-state index is 0.0250. The first kappa shape index (κ1) is 35.5. The van der Waals surface area contributed by atoms with Gasteiger partial charge in [-0.1, -0.05) is 67.9 Å². The zero-order chi connectivity index (χ0) is 32.4. The Kier molecular flexibility index (Phi) is 13.6. The van der Waals surface area contributed by atoms with Gasteiger partial charge in [-0.25, -0.2) is 0 Å². The molecule has 0 spiro atoms. The van der Waals surface area contributed by atoms with Crippen LogP contribution in [0.2, 0.25) is 10.0 Å². The average Bonchev–Trinajstić information content (AvgIpc) is 2.98. The molecule has 2 aliphatic carbocycles. The molecule has 1 saturated carbocycles. The molecule has 9 nitrogen and oxygen atoms in total. The number of hydrogen-bond acceptors (Lipinski definition) is 9. The van der Waals surface area contributed by atoms with E-state index in [1.807, 2.05) is 20.8 Å². The number of aliphatic hydroxyl groups is 1. The van der Waals surface area contributed by atoms with Crippen LogP contribution in [0, 0.1) is 23.7 Å². The molecular formula is C33H41Cl2NO8. The molecular weight excluding hydrogens is 609 g/mol. The van der Waals surface area contributed by atoms with E-state index in [-0.39, 0.29) is 67.8 Å². The standard InChI is InChI=1S/C33H41Cl2NO8/c1-5-14-42-31(40)16-22(38)15-21(37)10-11-23-20(4)29(39)17-24-28(36-43-18-25-26(34)8-7-9-27(25)35)12-13-30(32(23)24)44-33(41)19(3)6-2/h5,7-9,17,19-20,22-23,30,32,38H,1,6,10-16,18H2,2-4H3. The van der Waals surface area contributed by atoms with Crippen LogP contribution in [-0.4, -0.2) is 53.1 Å². The normalized spacial score (nSPS) is 23.6. The number of oxime groups is 1. The Bertz CT molecular complexity index is 1270. The molecule has 0 aromatic heterocycles. The molecule has 0 heterocycles. The number of benzene rings is 1. The van der Waals surface area contributed by atoms with Crippen molar-refractivity contribution in [2.24, 2.45) is 28.8 Å². The zero-order valence-electron chi connectivity index (χ0n) is 25.4. The molecule has 0 bridgehead atoms. The summed E-state index contributed by atoms with van der Waals surface area (Å²) in [7, 11) is 0. The van der Waals surface area contributed by atoms with Gasteiger partial charge < -0.3 is 19.4 Å². The van der Waals surface area contributed by atoms with Crippen LogP contribution in [0.15, 0.2) is 47.7 Å². The summed E-state index contributed by atoms with van der Waals surface area (Å²) >= 11 is 12.5. The molecule has 1 aromatic rings. The molecule has 44 heavy (non-hydrogen) atoms. The monoisotopic (exact) mass is 649 g/mol. The lowest BCUT2D eigenvalue weighted by atomic mass is 9.63. The van der Waals surface area contributed by atoms with Crippen LogP contribution < -0.4 is 0 Å². The van der Waals surface area contributed by atoms with E-state index in [1.165, 1.54) is 6.08 Å². The fraction of sp³-hybridized carbons (Fsp3) is 0.545. The fourth-order valence-electron chi connectivity index (χ4n) is 5.59. The van der Waals surface area contributed by atoms with Gasteiger partial charge in [0.05, 0.1) is 24.2 Å². The van der Waals surface area contributed by atoms with Crippen LogP contribution in [-0.2, 0) is 40.1 Å². The Morgan fingerprint density at radius 3 is 2.57 bits per heavy atom. The fourth-order valence-corrected chi connectivity index (χ4v) is 6.10. The first-order valence-electron chi connectivity index (χ1n) is 15.0. The number of carbonyl (C=O) groups excluding carboxylic acids is 4. The highest BCUT2D eigenvalue weighted by Crippen LogP contribution is 2.44. The van der Waals surface area contributed by atoms with Crippen molar-refractivity contribution in [1.29, 1.82) is 0 Å². The molecule has 0 aliphatic heterocycles. The smallest absolute Gasteiger partial charge is 0.308 e. The number of esters is 2. The first-order chi connectivity index (χ1) is 21.0. The molecule has 240 valence electrons. The van der Waals surface area contributed by atoms with Crippen LogP contribution in [0.25, 0.3) is 0 Å². The number of fused-ring (bicyclic) bond motifs is 1. The van der Waals surface area contributed by atoms with E-state index < -0.39 is 24.1 Å². The van der Waals surface area contributed by atoms with Crippen molar-refractivity contribution in [3.63, 3.8) is 0 Å². The molecule has 0 amide bonds. The highest BCUT2D eigenvalue weighted by atomic mass is 35.5. The number of ether oxygens (including phenoxy) is 2. The van der Waals surface area contributed by atoms with Crippen LogP contribution in [0.5, 0.6) is 0 Å². The molecule has 0 radical (unpaired) electrons. The van der Waals surface area contributed by atoms with Gasteiger partial charge in [0.2, 0.25) is 0 Å². The number of rotatable bonds is 15. The molecule has 11 heteroatoms. The van der Waals surface area contributed by atoms with Crippen LogP contribution in [0.4, 0.5) is 0 Å². The molecule has 0 saturated heterocycles. The van der Waals surface area contributed by atoms with Gasteiger partial charge in [-0.2, -0.15) is 0 Å². The van der Waals surface area contributed by atoms with Crippen LogP contribution in [0.3, 0.4) is 0 Å². The van der Waals surface area contributed by atoms with Crippen LogP contribution >= 0.6 is 23.2 Å². The number of halogens is 2. The van der Waals surface area contributed by atoms with E-state index in [0.717, 1.165) is 0 Å². The second-order valence-electron chi connectivity index (χ2n) is 11.4. The SMILES string of the molecule is C=CCOC(=O)CC(O)CC(=O)CCC1C(C)C(=O)C=C2C(=NOCc3c(Cl)cccc3Cl)CCC(OC(=O)C(C)CC)C21. The maximum atomic E-state index is 13.2. The van der Waals surface area contributed by atoms with Gasteiger partial charge in [-0.3, -0.25) is 19.2 Å². The van der Waals surface area contributed by atoms with Gasteiger partial charge >= 0.3 is 11.9 Å². The molecule has 2 aliphatic rings. The molecule has 6 atom stereocenters. The summed E-state index contributed by atoms with van der Waals surface area (Å²) < 4.78 is 10.9. The number of hydrogen-bond donors (Lipinski definition) is 1. The van der Waals surface area contributed by atoms with E-state index in [0.29, 0.717) is 52.6 Å². The highest BCUT2D eigenvalue weighted by molar-refractivity contribution is 6.35. The second-order valence-corrected chi connectivity index (χ2v) is 12.2. The molecule has 1 N–H and O–H groups in total. The maximum absolute atomic E-state index is 13.2. The Hall–Kier alpha value is -3.01. The minimum atomic E-state index is -1.18. The summed E-state index contributed by atoms with van der Waals surface area (Å²) in [4.78, 5) is 56.4. The summed E-state index contributed by atoms with van der Waals surface area (Å²) in [6.07, 6.45) is 2.66. The van der Waals surface area contributed by atoms with Gasteiger partial charge in [0.25, 0.3) is 0 Å². The topological polar surface area (TPSA) is 129 Å². The van der Waals surface area contributed by atoms with Crippen LogP contribution in [0.1, 0.15) is 71.3 Å². The molecule has 1 fully saturated rings. The number of ketones is 2. The van der Waals surface area contributed by atoms with Crippen molar-refractivity contribution in [3.8, 4) is 0 Å². The van der Waals surface area contributed by atoms with Crippen molar-refractivity contribution < 1.29 is 38.6 Å². The quantitative estimate of drug-likeness (QED) is 0.135. The Morgan fingerprint density at radius 2 is 1.91 bits per heavy atom. The Morgan fingerprint density at radius 1 is 1.20 bits per heavy atom. The number of Topliss-reactive ketones (excluding diaryl/α,β-unsaturated/α-hetero) is 1. The largest absolute Gasteiger partial charge is 0.461 e. The third-order valence-corrected chi connectivity index (χ3v) is 9.03. The van der Waals surface area contributed by atoms with Crippen molar-refractivity contribution in [2.45, 2.75) is 84.5 Å². The maximum Gasteiger partial charge on any atom is 0.308 e. The van der Waals surface area contributed by atoms with Crippen molar-refractivity contribution >= 4 is 52.4 Å². The van der Waals surface area contributed by atoms with Gasteiger partial charge in [-0.15, -0.1) is 0 Å². The average molecular weight is 651 g/mol. The molecule has 6 unspecified atom stereocenters. The van der Waals surface area contributed by atoms with Gasteiger partial charge in [0, 0.05) is 40.3 Å². The summed E-state index contributed by atoms with van der Waals surface area (Å²) in [6.45, 7) is 9.05. The van der Waals surface area contributed by atoms with E-state index in [1.54, 1.807) is 24.3 Å². The van der Waals surface area contributed by atoms with Crippen molar-refractivity contribution in [1.82, 2.24) is 0 Å². The lowest BCUT2D eigenvalue weighted by Crippen LogP contribution is -2.46. The summed E-state index contributed by atoms with van der Waals surface area (Å²) in [5.41, 5.74) is 1.79. The Labute approximate surface area is 268 Å². The number of nitrogens with zero attached hydrogens (tertiary/aromatic N) is 1. The van der Waals surface area contributed by atoms with Crippen molar-refractivity contribution in [2.75, 3.05) is 6.61 Å². The number of allylic oxidation sites excluding steroid dienone is 1. The van der Waals surface area contributed by atoms with Gasteiger partial charge in [0.1, 0.15) is 25.1 Å². The lowest BCUT2D eigenvalue weighted by molar-refractivity contribution is -0.158. The Balaban J connectivity index is 1.80.